The summed E-state index contributed by atoms with van der Waals surface area (Å²) < 4.78 is 5.37. The van der Waals surface area contributed by atoms with Gasteiger partial charge in [-0.3, -0.25) is 4.79 Å². The highest BCUT2D eigenvalue weighted by molar-refractivity contribution is 5.79. The summed E-state index contributed by atoms with van der Waals surface area (Å²) in [6, 6.07) is 0.202. The third-order valence-electron chi connectivity index (χ3n) is 4.17. The standard InChI is InChI=1S/C13H26N2O2/c1-8(2)9(7-14)12(16)15-10-6-11(17-5)13(10,3)4/h8-11H,6-7,14H2,1-5H3,(H,15,16). The van der Waals surface area contributed by atoms with Crippen LogP contribution < -0.4 is 11.1 Å². The summed E-state index contributed by atoms with van der Waals surface area (Å²) in [6.45, 7) is 8.72. The van der Waals surface area contributed by atoms with Crippen LogP contribution in [0.2, 0.25) is 0 Å². The maximum Gasteiger partial charge on any atom is 0.224 e. The summed E-state index contributed by atoms with van der Waals surface area (Å²) >= 11 is 0. The Labute approximate surface area is 104 Å². The van der Waals surface area contributed by atoms with E-state index < -0.39 is 0 Å². The van der Waals surface area contributed by atoms with E-state index in [1.54, 1.807) is 7.11 Å². The van der Waals surface area contributed by atoms with E-state index in [4.69, 9.17) is 10.5 Å². The third-order valence-corrected chi connectivity index (χ3v) is 4.17. The predicted molar refractivity (Wildman–Crippen MR) is 68.5 cm³/mol. The second kappa shape index (κ2) is 5.36. The van der Waals surface area contributed by atoms with Gasteiger partial charge in [0.2, 0.25) is 5.91 Å². The van der Waals surface area contributed by atoms with Crippen LogP contribution in [0.15, 0.2) is 0 Å². The number of carbonyl (C=O) groups excluding carboxylic acids is 1. The summed E-state index contributed by atoms with van der Waals surface area (Å²) in [5.74, 6) is 0.268. The zero-order valence-electron chi connectivity index (χ0n) is 11.6. The van der Waals surface area contributed by atoms with Crippen molar-refractivity contribution in [2.75, 3.05) is 13.7 Å². The number of nitrogens with two attached hydrogens (primary N) is 1. The van der Waals surface area contributed by atoms with Gasteiger partial charge in [0.1, 0.15) is 0 Å². The largest absolute Gasteiger partial charge is 0.381 e. The van der Waals surface area contributed by atoms with Gasteiger partial charge in [-0.1, -0.05) is 27.7 Å². The highest BCUT2D eigenvalue weighted by Gasteiger charge is 2.49. The molecule has 1 saturated carbocycles. The summed E-state index contributed by atoms with van der Waals surface area (Å²) in [4.78, 5) is 12.1. The molecule has 3 unspecified atom stereocenters. The SMILES string of the molecule is COC1CC(NC(=O)C(CN)C(C)C)C1(C)C. The van der Waals surface area contributed by atoms with E-state index in [0.29, 0.717) is 6.54 Å². The van der Waals surface area contributed by atoms with Crippen LogP contribution in [-0.4, -0.2) is 31.7 Å². The van der Waals surface area contributed by atoms with Gasteiger partial charge < -0.3 is 15.8 Å². The van der Waals surface area contributed by atoms with Gasteiger partial charge in [0.25, 0.3) is 0 Å². The first-order chi connectivity index (χ1) is 7.84. The molecule has 4 heteroatoms. The molecule has 0 bridgehead atoms. The molecule has 0 aromatic rings. The summed E-state index contributed by atoms with van der Waals surface area (Å²) in [6.07, 6.45) is 1.13. The van der Waals surface area contributed by atoms with Gasteiger partial charge in [0.15, 0.2) is 0 Å². The summed E-state index contributed by atoms with van der Waals surface area (Å²) in [7, 11) is 1.72. The zero-order valence-corrected chi connectivity index (χ0v) is 11.6. The average Bonchev–Trinajstić information content (AvgIpc) is 2.23. The van der Waals surface area contributed by atoms with Gasteiger partial charge in [-0.15, -0.1) is 0 Å². The van der Waals surface area contributed by atoms with Crippen LogP contribution in [0, 0.1) is 17.3 Å². The average molecular weight is 242 g/mol. The fraction of sp³-hybridized carbons (Fsp3) is 0.923. The normalized spacial score (nSPS) is 28.6. The minimum absolute atomic E-state index is 0.0144. The third kappa shape index (κ3) is 2.80. The minimum atomic E-state index is -0.0904. The number of hydrogen-bond donors (Lipinski definition) is 2. The van der Waals surface area contributed by atoms with E-state index >= 15 is 0 Å². The molecule has 100 valence electrons. The van der Waals surface area contributed by atoms with E-state index in [0.717, 1.165) is 6.42 Å². The molecule has 1 fully saturated rings. The molecular formula is C13H26N2O2. The van der Waals surface area contributed by atoms with Crippen LogP contribution in [-0.2, 0) is 9.53 Å². The van der Waals surface area contributed by atoms with Crippen molar-refractivity contribution in [1.82, 2.24) is 5.32 Å². The van der Waals surface area contributed by atoms with E-state index in [1.165, 1.54) is 0 Å². The molecule has 4 nitrogen and oxygen atoms in total. The first-order valence-corrected chi connectivity index (χ1v) is 6.37. The molecule has 0 heterocycles. The highest BCUT2D eigenvalue weighted by Crippen LogP contribution is 2.42. The molecule has 0 aromatic carbocycles. The first kappa shape index (κ1) is 14.5. The highest BCUT2D eigenvalue weighted by atomic mass is 16.5. The van der Waals surface area contributed by atoms with Crippen LogP contribution in [0.1, 0.15) is 34.1 Å². The Kier molecular flexibility index (Phi) is 4.55. The molecule has 3 N–H and O–H groups in total. The second-order valence-corrected chi connectivity index (χ2v) is 5.93. The predicted octanol–water partition coefficient (Wildman–Crippen LogP) is 1.15. The van der Waals surface area contributed by atoms with Crippen molar-refractivity contribution < 1.29 is 9.53 Å². The lowest BCUT2D eigenvalue weighted by Gasteiger charge is -2.51. The number of methoxy groups -OCH3 is 1. The van der Waals surface area contributed by atoms with Crippen molar-refractivity contribution in [3.63, 3.8) is 0 Å². The van der Waals surface area contributed by atoms with Gasteiger partial charge in [-0.2, -0.15) is 0 Å². The number of carbonyl (C=O) groups is 1. The van der Waals surface area contributed by atoms with Gasteiger partial charge in [0, 0.05) is 25.1 Å². The van der Waals surface area contributed by atoms with E-state index in [9.17, 15) is 4.79 Å². The van der Waals surface area contributed by atoms with Crippen molar-refractivity contribution >= 4 is 5.91 Å². The van der Waals surface area contributed by atoms with Gasteiger partial charge >= 0.3 is 0 Å². The van der Waals surface area contributed by atoms with Crippen molar-refractivity contribution in [1.29, 1.82) is 0 Å². The smallest absolute Gasteiger partial charge is 0.224 e. The molecule has 0 spiro atoms. The maximum atomic E-state index is 12.1. The lowest BCUT2D eigenvalue weighted by molar-refractivity contribution is -0.137. The van der Waals surface area contributed by atoms with Crippen molar-refractivity contribution in [3.05, 3.63) is 0 Å². The lowest BCUT2D eigenvalue weighted by atomic mass is 9.64. The van der Waals surface area contributed by atoms with Crippen molar-refractivity contribution in [3.8, 4) is 0 Å². The number of nitrogens with one attached hydrogen (secondary N) is 1. The molecule has 0 saturated heterocycles. The fourth-order valence-corrected chi connectivity index (χ4v) is 2.49. The Morgan fingerprint density at radius 3 is 2.47 bits per heavy atom. The molecule has 1 rings (SSSR count). The minimum Gasteiger partial charge on any atom is -0.381 e. The molecule has 0 aromatic heterocycles. The van der Waals surface area contributed by atoms with Crippen LogP contribution in [0.4, 0.5) is 0 Å². The second-order valence-electron chi connectivity index (χ2n) is 5.93. The lowest BCUT2D eigenvalue weighted by Crippen LogP contribution is -2.62. The number of rotatable bonds is 5. The molecule has 1 aliphatic carbocycles. The summed E-state index contributed by atoms with van der Waals surface area (Å²) in [5, 5.41) is 3.10. The molecule has 1 aliphatic rings. The van der Waals surface area contributed by atoms with E-state index in [-0.39, 0.29) is 35.3 Å². The van der Waals surface area contributed by atoms with Gasteiger partial charge in [0.05, 0.1) is 12.0 Å². The van der Waals surface area contributed by atoms with Crippen LogP contribution >= 0.6 is 0 Å². The Balaban J connectivity index is 2.54. The van der Waals surface area contributed by atoms with Crippen molar-refractivity contribution in [2.45, 2.75) is 46.3 Å². The quantitative estimate of drug-likeness (QED) is 0.760. The molecule has 1 amide bonds. The van der Waals surface area contributed by atoms with Crippen LogP contribution in [0.25, 0.3) is 0 Å². The Hall–Kier alpha value is -0.610. The van der Waals surface area contributed by atoms with E-state index in [2.05, 4.69) is 19.2 Å². The summed E-state index contributed by atoms with van der Waals surface area (Å²) in [5.41, 5.74) is 5.66. The molecular weight excluding hydrogens is 216 g/mol. The van der Waals surface area contributed by atoms with Crippen molar-refractivity contribution in [2.24, 2.45) is 23.0 Å². The van der Waals surface area contributed by atoms with Gasteiger partial charge in [-0.05, 0) is 12.3 Å². The fourth-order valence-electron chi connectivity index (χ4n) is 2.49. The Morgan fingerprint density at radius 2 is 2.12 bits per heavy atom. The topological polar surface area (TPSA) is 64.3 Å². The van der Waals surface area contributed by atoms with Crippen LogP contribution in [0.3, 0.4) is 0 Å². The number of hydrogen-bond acceptors (Lipinski definition) is 3. The van der Waals surface area contributed by atoms with E-state index in [1.807, 2.05) is 13.8 Å². The first-order valence-electron chi connectivity index (χ1n) is 6.37. The Bertz CT molecular complexity index is 277. The zero-order chi connectivity index (χ0) is 13.2. The molecule has 0 radical (unpaired) electrons. The van der Waals surface area contributed by atoms with Crippen LogP contribution in [0.5, 0.6) is 0 Å². The Morgan fingerprint density at radius 1 is 1.53 bits per heavy atom. The maximum absolute atomic E-state index is 12.1. The van der Waals surface area contributed by atoms with Gasteiger partial charge in [-0.25, -0.2) is 0 Å². The molecule has 3 atom stereocenters. The molecule has 17 heavy (non-hydrogen) atoms. The monoisotopic (exact) mass is 242 g/mol. The molecule has 0 aliphatic heterocycles. The number of amides is 1. The number of ether oxygens (including phenoxy) is 1.